The van der Waals surface area contributed by atoms with Crippen molar-refractivity contribution in [2.24, 2.45) is 22.9 Å². The number of carbonyl (C=O) groups excluding carboxylic acids is 2. The molecule has 71 heavy (non-hydrogen) atoms. The number of nitrogens with one attached hydrogen (secondary N) is 1. The van der Waals surface area contributed by atoms with Gasteiger partial charge in [0.15, 0.2) is 0 Å². The summed E-state index contributed by atoms with van der Waals surface area (Å²) < 4.78 is 32.0. The molecule has 2 aliphatic carbocycles. The summed E-state index contributed by atoms with van der Waals surface area (Å²) in [6.07, 6.45) is 19.6. The number of rotatable bonds is 32. The lowest BCUT2D eigenvalue weighted by molar-refractivity contribution is -0.253. The number of ether oxygens (including phenoxy) is 5. The van der Waals surface area contributed by atoms with Gasteiger partial charge in [0.1, 0.15) is 30.8 Å². The van der Waals surface area contributed by atoms with Crippen molar-refractivity contribution >= 4 is 17.9 Å². The van der Waals surface area contributed by atoms with Crippen LogP contribution in [0.15, 0.2) is 108 Å². The standard InChI is InChI=1S/C58H81N3O10/c1-4-6-7-8-9-10-11-12-13-22-33-59-56(64)70-47-31-32-52-50(40-47)54-48(30-21-24-35-63)46(29-20-23-34-62)39-49-51(60-69-43-45-27-18-15-19-28-45)41-53(58(71-52,55(49)54)68-36-5-2)61(3)57(65)67-38-37-66-42-44-25-16-14-17-26-44/h5,14-19,25-28,31-32,39-40,46,48,53-55,62-63H,2,4,6-13,20-24,29-30,33-38,41-43H2,1,3H3,(H,59,64). The van der Waals surface area contributed by atoms with Gasteiger partial charge in [-0.25, -0.2) is 9.59 Å². The molecule has 1 aliphatic heterocycles. The Labute approximate surface area is 422 Å². The van der Waals surface area contributed by atoms with Gasteiger partial charge >= 0.3 is 12.2 Å². The van der Waals surface area contributed by atoms with Crippen molar-refractivity contribution in [3.05, 3.63) is 120 Å². The van der Waals surface area contributed by atoms with Gasteiger partial charge in [-0.3, -0.25) is 0 Å². The van der Waals surface area contributed by atoms with E-state index in [-0.39, 0.29) is 63.8 Å². The number of fused-ring (bicyclic) bond motifs is 2. The number of nitrogens with zero attached hydrogens (tertiary/aromatic N) is 2. The van der Waals surface area contributed by atoms with Crippen LogP contribution in [0.25, 0.3) is 0 Å². The van der Waals surface area contributed by atoms with Crippen LogP contribution in [0.3, 0.4) is 0 Å². The molecule has 3 aromatic carbocycles. The van der Waals surface area contributed by atoms with Gasteiger partial charge in [0.05, 0.1) is 31.5 Å². The Bertz CT molecular complexity index is 2120. The topological polar surface area (TPSA) is 158 Å². The van der Waals surface area contributed by atoms with Crippen LogP contribution in [-0.4, -0.2) is 91.5 Å². The number of hydrogen-bond donors (Lipinski definition) is 3. The molecular weight excluding hydrogens is 899 g/mol. The van der Waals surface area contributed by atoms with Crippen LogP contribution in [0.4, 0.5) is 9.59 Å². The highest BCUT2D eigenvalue weighted by molar-refractivity contribution is 6.03. The summed E-state index contributed by atoms with van der Waals surface area (Å²) >= 11 is 0. The van der Waals surface area contributed by atoms with Crippen LogP contribution < -0.4 is 14.8 Å². The summed E-state index contributed by atoms with van der Waals surface area (Å²) in [4.78, 5) is 35.4. The molecule has 3 N–H and O–H groups in total. The molecular formula is C58H81N3O10. The van der Waals surface area contributed by atoms with Crippen molar-refractivity contribution in [2.45, 2.75) is 147 Å². The Morgan fingerprint density at radius 2 is 1.49 bits per heavy atom. The Hall–Kier alpha value is -5.21. The Balaban J connectivity index is 1.32. The summed E-state index contributed by atoms with van der Waals surface area (Å²) in [7, 11) is 1.70. The number of carbonyl (C=O) groups is 2. The largest absolute Gasteiger partial charge is 0.459 e. The van der Waals surface area contributed by atoms with Gasteiger partial charge in [-0.2, -0.15) is 0 Å². The summed E-state index contributed by atoms with van der Waals surface area (Å²) in [6.45, 7) is 7.92. The molecule has 1 heterocycles. The van der Waals surface area contributed by atoms with E-state index in [1.807, 2.05) is 72.8 Å². The van der Waals surface area contributed by atoms with Crippen LogP contribution in [-0.2, 0) is 32.3 Å². The van der Waals surface area contributed by atoms with Crippen LogP contribution in [0.2, 0.25) is 0 Å². The summed E-state index contributed by atoms with van der Waals surface area (Å²) in [6, 6.07) is 24.4. The zero-order valence-electron chi connectivity index (χ0n) is 42.5. The van der Waals surface area contributed by atoms with Gasteiger partial charge in [0.2, 0.25) is 5.79 Å². The second kappa shape index (κ2) is 30.0. The number of likely N-dealkylation sites (N-methyl/N-ethyl adjacent to an activating group) is 1. The molecule has 13 heteroatoms. The Morgan fingerprint density at radius 3 is 2.17 bits per heavy atom. The van der Waals surface area contributed by atoms with E-state index in [9.17, 15) is 19.8 Å². The second-order valence-electron chi connectivity index (χ2n) is 19.3. The number of amides is 2. The van der Waals surface area contributed by atoms with Crippen molar-refractivity contribution < 1.29 is 48.3 Å². The SMILES string of the molecule is C=CCOC12Oc3ccc(OC(=O)NCCCCCCCCCCCC)cc3C3C(CCCCO)C(CCCCO)C=C(C(=NOCc4ccccc4)CC1N(C)C(=O)OCCOCc1ccccc1)C32. The van der Waals surface area contributed by atoms with E-state index in [2.05, 4.69) is 24.9 Å². The van der Waals surface area contributed by atoms with Gasteiger partial charge in [0, 0.05) is 44.7 Å². The van der Waals surface area contributed by atoms with E-state index in [1.54, 1.807) is 24.1 Å². The van der Waals surface area contributed by atoms with Gasteiger partial charge in [0.25, 0.3) is 0 Å². The fourth-order valence-electron chi connectivity index (χ4n) is 10.7. The van der Waals surface area contributed by atoms with Gasteiger partial charge in [-0.1, -0.05) is 156 Å². The average Bonchev–Trinajstić information content (AvgIpc) is 3.38. The molecule has 0 aromatic heterocycles. The van der Waals surface area contributed by atoms with Crippen molar-refractivity contribution in [2.75, 3.05) is 46.6 Å². The first-order chi connectivity index (χ1) is 34.8. The van der Waals surface area contributed by atoms with Crippen molar-refractivity contribution in [1.29, 1.82) is 0 Å². The molecule has 2 amide bonds. The molecule has 1 fully saturated rings. The molecule has 0 spiro atoms. The normalized spacial score (nSPS) is 21.5. The molecule has 3 aliphatic rings. The molecule has 0 bridgehead atoms. The highest BCUT2D eigenvalue weighted by Gasteiger charge is 2.65. The molecule has 0 saturated heterocycles. The third kappa shape index (κ3) is 15.9. The van der Waals surface area contributed by atoms with E-state index in [1.165, 1.54) is 44.9 Å². The molecule has 0 radical (unpaired) electrons. The third-order valence-electron chi connectivity index (χ3n) is 14.2. The minimum absolute atomic E-state index is 0.00646. The zero-order chi connectivity index (χ0) is 50.1. The highest BCUT2D eigenvalue weighted by Crippen LogP contribution is 2.62. The van der Waals surface area contributed by atoms with E-state index >= 15 is 0 Å². The number of benzene rings is 3. The van der Waals surface area contributed by atoms with E-state index in [0.29, 0.717) is 43.2 Å². The average molecular weight is 980 g/mol. The third-order valence-corrected chi connectivity index (χ3v) is 14.2. The molecule has 6 rings (SSSR count). The molecule has 6 unspecified atom stereocenters. The highest BCUT2D eigenvalue weighted by atomic mass is 16.7. The summed E-state index contributed by atoms with van der Waals surface area (Å²) in [5.41, 5.74) is 4.40. The monoisotopic (exact) mass is 980 g/mol. The van der Waals surface area contributed by atoms with Crippen LogP contribution in [0, 0.1) is 17.8 Å². The van der Waals surface area contributed by atoms with Gasteiger partial charge < -0.3 is 49.0 Å². The van der Waals surface area contributed by atoms with Crippen LogP contribution in [0.5, 0.6) is 11.5 Å². The van der Waals surface area contributed by atoms with Crippen molar-refractivity contribution in [1.82, 2.24) is 10.2 Å². The predicted octanol–water partition coefficient (Wildman–Crippen LogP) is 11.8. The number of unbranched alkanes of at least 4 members (excludes halogenated alkanes) is 11. The van der Waals surface area contributed by atoms with E-state index in [4.69, 9.17) is 33.7 Å². The Kier molecular flexibility index (Phi) is 23.3. The fraction of sp³-hybridized carbons (Fsp3) is 0.569. The van der Waals surface area contributed by atoms with E-state index < -0.39 is 29.9 Å². The number of oxime groups is 1. The van der Waals surface area contributed by atoms with Gasteiger partial charge in [-0.15, -0.1) is 6.58 Å². The first-order valence-corrected chi connectivity index (χ1v) is 26.5. The molecule has 388 valence electrons. The second-order valence-corrected chi connectivity index (χ2v) is 19.3. The number of allylic oxidation sites excluding steroid dienone is 1. The van der Waals surface area contributed by atoms with Crippen molar-refractivity contribution in [3.8, 4) is 11.5 Å². The van der Waals surface area contributed by atoms with Crippen molar-refractivity contribution in [3.63, 3.8) is 0 Å². The zero-order valence-corrected chi connectivity index (χ0v) is 42.5. The summed E-state index contributed by atoms with van der Waals surface area (Å²) in [5.74, 6) is -1.33. The lowest BCUT2D eigenvalue weighted by Crippen LogP contribution is -2.69. The predicted molar refractivity (Wildman–Crippen MR) is 277 cm³/mol. The van der Waals surface area contributed by atoms with Gasteiger partial charge in [-0.05, 0) is 78.8 Å². The smallest absolute Gasteiger partial charge is 0.412 e. The first-order valence-electron chi connectivity index (χ1n) is 26.5. The van der Waals surface area contributed by atoms with E-state index in [0.717, 1.165) is 67.2 Å². The summed E-state index contributed by atoms with van der Waals surface area (Å²) in [5, 5.41) is 27.8. The fourth-order valence-corrected chi connectivity index (χ4v) is 10.7. The van der Waals surface area contributed by atoms with Crippen LogP contribution in [0.1, 0.15) is 139 Å². The quantitative estimate of drug-likeness (QED) is 0.0312. The maximum Gasteiger partial charge on any atom is 0.412 e. The molecule has 3 aromatic rings. The number of aliphatic hydroxyl groups is 2. The maximum absolute atomic E-state index is 14.3. The molecule has 1 saturated carbocycles. The number of aliphatic hydroxyl groups excluding tert-OH is 2. The Morgan fingerprint density at radius 1 is 0.831 bits per heavy atom. The lowest BCUT2D eigenvalue weighted by Gasteiger charge is -2.59. The number of hydrogen-bond acceptors (Lipinski definition) is 11. The minimum atomic E-state index is -1.46. The minimum Gasteiger partial charge on any atom is -0.459 e. The molecule has 13 nitrogen and oxygen atoms in total. The van der Waals surface area contributed by atoms with Crippen LogP contribution >= 0.6 is 0 Å². The maximum atomic E-state index is 14.3. The first kappa shape index (κ1) is 55.1. The lowest BCUT2D eigenvalue weighted by atomic mass is 9.55. The molecule has 6 atom stereocenters.